The highest BCUT2D eigenvalue weighted by Crippen LogP contribution is 2.40. The standard InChI is InChI=1S/C25H21ClN2O5/c1-31-15-12-13-18(21(14-15)33-3)27-23-22(16-8-4-7-11-20(16)32-2)24(29)28(25(23)30)19-10-6-5-9-17(19)26/h4-14,27H,1-3H3. The lowest BCUT2D eigenvalue weighted by molar-refractivity contribution is -0.120. The van der Waals surface area contributed by atoms with Gasteiger partial charge in [0.05, 0.1) is 43.3 Å². The molecule has 1 aliphatic rings. The van der Waals surface area contributed by atoms with Crippen molar-refractivity contribution in [3.05, 3.63) is 83.0 Å². The van der Waals surface area contributed by atoms with E-state index in [9.17, 15) is 9.59 Å². The van der Waals surface area contributed by atoms with Gasteiger partial charge < -0.3 is 19.5 Å². The van der Waals surface area contributed by atoms with Gasteiger partial charge in [-0.15, -0.1) is 0 Å². The van der Waals surface area contributed by atoms with Gasteiger partial charge in [0.2, 0.25) is 0 Å². The van der Waals surface area contributed by atoms with Gasteiger partial charge in [-0.3, -0.25) is 9.59 Å². The second kappa shape index (κ2) is 9.26. The van der Waals surface area contributed by atoms with Crippen molar-refractivity contribution < 1.29 is 23.8 Å². The third-order valence-corrected chi connectivity index (χ3v) is 5.54. The normalized spacial score (nSPS) is 13.4. The molecule has 0 aliphatic carbocycles. The average molecular weight is 465 g/mol. The Labute approximate surface area is 196 Å². The fraction of sp³-hybridized carbons (Fsp3) is 0.120. The second-order valence-electron chi connectivity index (χ2n) is 7.04. The van der Waals surface area contributed by atoms with E-state index in [1.54, 1.807) is 73.8 Å². The molecule has 1 aliphatic heterocycles. The Morgan fingerprint density at radius 3 is 2.18 bits per heavy atom. The van der Waals surface area contributed by atoms with Crippen LogP contribution in [0.4, 0.5) is 11.4 Å². The number of amides is 2. The highest BCUT2D eigenvalue weighted by atomic mass is 35.5. The number of halogens is 1. The predicted molar refractivity (Wildman–Crippen MR) is 127 cm³/mol. The van der Waals surface area contributed by atoms with Crippen LogP contribution in [0.5, 0.6) is 17.2 Å². The van der Waals surface area contributed by atoms with Gasteiger partial charge in [-0.1, -0.05) is 41.9 Å². The summed E-state index contributed by atoms with van der Waals surface area (Å²) >= 11 is 6.33. The van der Waals surface area contributed by atoms with Gasteiger partial charge >= 0.3 is 0 Å². The van der Waals surface area contributed by atoms with Crippen molar-refractivity contribution in [1.29, 1.82) is 0 Å². The van der Waals surface area contributed by atoms with Crippen molar-refractivity contribution >= 4 is 40.4 Å². The minimum absolute atomic E-state index is 0.0767. The molecule has 7 nitrogen and oxygen atoms in total. The van der Waals surface area contributed by atoms with Crippen molar-refractivity contribution in [3.63, 3.8) is 0 Å². The minimum Gasteiger partial charge on any atom is -0.497 e. The van der Waals surface area contributed by atoms with E-state index in [0.717, 1.165) is 4.90 Å². The summed E-state index contributed by atoms with van der Waals surface area (Å²) in [5, 5.41) is 3.38. The first-order valence-electron chi connectivity index (χ1n) is 10.00. The highest BCUT2D eigenvalue weighted by Gasteiger charge is 2.42. The number of nitrogens with zero attached hydrogens (tertiary/aromatic N) is 1. The molecular weight excluding hydrogens is 444 g/mol. The number of hydrogen-bond acceptors (Lipinski definition) is 6. The lowest BCUT2D eigenvalue weighted by Gasteiger charge is -2.17. The number of methoxy groups -OCH3 is 3. The maximum absolute atomic E-state index is 13.6. The summed E-state index contributed by atoms with van der Waals surface area (Å²) < 4.78 is 16.2. The summed E-state index contributed by atoms with van der Waals surface area (Å²) in [4.78, 5) is 28.3. The monoisotopic (exact) mass is 464 g/mol. The van der Waals surface area contributed by atoms with E-state index in [-0.39, 0.29) is 16.3 Å². The van der Waals surface area contributed by atoms with Crippen LogP contribution < -0.4 is 24.4 Å². The Hall–Kier alpha value is -3.97. The maximum atomic E-state index is 13.6. The van der Waals surface area contributed by atoms with E-state index in [4.69, 9.17) is 25.8 Å². The van der Waals surface area contributed by atoms with Crippen molar-refractivity contribution in [2.24, 2.45) is 0 Å². The topological polar surface area (TPSA) is 77.1 Å². The summed E-state index contributed by atoms with van der Waals surface area (Å²) in [7, 11) is 4.56. The van der Waals surface area contributed by atoms with E-state index >= 15 is 0 Å². The van der Waals surface area contributed by atoms with E-state index in [0.29, 0.717) is 34.2 Å². The van der Waals surface area contributed by atoms with Crippen LogP contribution in [0, 0.1) is 0 Å². The van der Waals surface area contributed by atoms with Crippen LogP contribution in [0.3, 0.4) is 0 Å². The molecule has 0 bridgehead atoms. The molecule has 0 saturated heterocycles. The fourth-order valence-electron chi connectivity index (χ4n) is 3.64. The number of anilines is 2. The fourth-order valence-corrected chi connectivity index (χ4v) is 3.86. The Morgan fingerprint density at radius 1 is 0.788 bits per heavy atom. The Bertz CT molecular complexity index is 1270. The molecule has 0 atom stereocenters. The number of rotatable bonds is 7. The number of imide groups is 1. The predicted octanol–water partition coefficient (Wildman–Crippen LogP) is 4.76. The zero-order valence-corrected chi connectivity index (χ0v) is 19.0. The molecule has 0 unspecified atom stereocenters. The van der Waals surface area contributed by atoms with Crippen LogP contribution >= 0.6 is 11.6 Å². The van der Waals surface area contributed by atoms with Crippen LogP contribution in [0.15, 0.2) is 72.4 Å². The van der Waals surface area contributed by atoms with Crippen molar-refractivity contribution in [2.75, 3.05) is 31.5 Å². The number of benzene rings is 3. The molecule has 0 radical (unpaired) electrons. The first kappa shape index (κ1) is 22.2. The van der Waals surface area contributed by atoms with Gasteiger partial charge in [0.25, 0.3) is 11.8 Å². The molecular formula is C25H21ClN2O5. The van der Waals surface area contributed by atoms with Gasteiger partial charge in [-0.2, -0.15) is 0 Å². The molecule has 8 heteroatoms. The van der Waals surface area contributed by atoms with Gasteiger partial charge in [0.1, 0.15) is 22.9 Å². The molecule has 0 spiro atoms. The summed E-state index contributed by atoms with van der Waals surface area (Å²) in [5.41, 5.74) is 1.49. The Balaban J connectivity index is 1.89. The molecule has 0 saturated carbocycles. The molecule has 3 aromatic rings. The molecule has 168 valence electrons. The van der Waals surface area contributed by atoms with Gasteiger partial charge in [-0.05, 0) is 30.3 Å². The van der Waals surface area contributed by atoms with Crippen molar-refractivity contribution in [3.8, 4) is 17.2 Å². The number of carbonyl (C=O) groups excluding carboxylic acids is 2. The lowest BCUT2D eigenvalue weighted by Crippen LogP contribution is -2.32. The number of carbonyl (C=O) groups is 2. The minimum atomic E-state index is -0.549. The highest BCUT2D eigenvalue weighted by molar-refractivity contribution is 6.48. The van der Waals surface area contributed by atoms with Gasteiger partial charge in [0, 0.05) is 11.6 Å². The van der Waals surface area contributed by atoms with Crippen LogP contribution in [-0.4, -0.2) is 33.1 Å². The van der Waals surface area contributed by atoms with Crippen molar-refractivity contribution in [1.82, 2.24) is 0 Å². The lowest BCUT2D eigenvalue weighted by atomic mass is 10.0. The van der Waals surface area contributed by atoms with E-state index < -0.39 is 11.8 Å². The molecule has 2 amide bonds. The van der Waals surface area contributed by atoms with Gasteiger partial charge in [-0.25, -0.2) is 4.90 Å². The quantitative estimate of drug-likeness (QED) is 0.508. The number of para-hydroxylation sites is 2. The molecule has 33 heavy (non-hydrogen) atoms. The molecule has 1 N–H and O–H groups in total. The third kappa shape index (κ3) is 3.99. The third-order valence-electron chi connectivity index (χ3n) is 5.22. The summed E-state index contributed by atoms with van der Waals surface area (Å²) in [6.45, 7) is 0. The van der Waals surface area contributed by atoms with E-state index in [1.807, 2.05) is 0 Å². The zero-order chi connectivity index (χ0) is 23.5. The van der Waals surface area contributed by atoms with E-state index in [1.165, 1.54) is 14.2 Å². The summed E-state index contributed by atoms with van der Waals surface area (Å²) in [6, 6.07) is 18.8. The first-order valence-corrected chi connectivity index (χ1v) is 10.4. The maximum Gasteiger partial charge on any atom is 0.282 e. The molecule has 1 heterocycles. The molecule has 0 aromatic heterocycles. The van der Waals surface area contributed by atoms with Crippen LogP contribution in [-0.2, 0) is 9.59 Å². The molecule has 4 rings (SSSR count). The largest absolute Gasteiger partial charge is 0.497 e. The smallest absolute Gasteiger partial charge is 0.282 e. The summed E-state index contributed by atoms with van der Waals surface area (Å²) in [6.07, 6.45) is 0. The van der Waals surface area contributed by atoms with Crippen LogP contribution in [0.2, 0.25) is 5.02 Å². The summed E-state index contributed by atoms with van der Waals surface area (Å²) in [5.74, 6) is 0.413. The van der Waals surface area contributed by atoms with E-state index in [2.05, 4.69) is 5.32 Å². The van der Waals surface area contributed by atoms with Crippen LogP contribution in [0.25, 0.3) is 5.57 Å². The number of hydrogen-bond donors (Lipinski definition) is 1. The zero-order valence-electron chi connectivity index (χ0n) is 18.2. The Kier molecular flexibility index (Phi) is 6.24. The second-order valence-corrected chi connectivity index (χ2v) is 7.45. The van der Waals surface area contributed by atoms with Crippen LogP contribution in [0.1, 0.15) is 5.56 Å². The number of nitrogens with one attached hydrogen (secondary N) is 1. The number of ether oxygens (including phenoxy) is 3. The average Bonchev–Trinajstić information content (AvgIpc) is 3.08. The molecule has 3 aromatic carbocycles. The van der Waals surface area contributed by atoms with Gasteiger partial charge in [0.15, 0.2) is 0 Å². The molecule has 0 fully saturated rings. The SMILES string of the molecule is COc1ccc(NC2=C(c3ccccc3OC)C(=O)N(c3ccccc3Cl)C2=O)c(OC)c1. The van der Waals surface area contributed by atoms with Crippen molar-refractivity contribution in [2.45, 2.75) is 0 Å². The Morgan fingerprint density at radius 2 is 1.48 bits per heavy atom. The first-order chi connectivity index (χ1) is 16.0.